The van der Waals surface area contributed by atoms with E-state index in [1.165, 1.54) is 11.3 Å². The number of amides is 1. The first kappa shape index (κ1) is 17.6. The molecule has 3 rings (SSSR count). The van der Waals surface area contributed by atoms with Crippen molar-refractivity contribution < 1.29 is 19.4 Å². The molecule has 1 aliphatic carbocycles. The number of carbonyl (C=O) groups excluding carboxylic acids is 1. The summed E-state index contributed by atoms with van der Waals surface area (Å²) in [7, 11) is 0. The summed E-state index contributed by atoms with van der Waals surface area (Å²) in [5.74, 6) is -1.29. The molecule has 5 nitrogen and oxygen atoms in total. The molecule has 1 heterocycles. The van der Waals surface area contributed by atoms with Crippen LogP contribution in [-0.4, -0.2) is 29.2 Å². The van der Waals surface area contributed by atoms with Crippen LogP contribution in [-0.2, 0) is 17.6 Å². The second kappa shape index (κ2) is 7.37. The first-order valence-electron chi connectivity index (χ1n) is 8.35. The van der Waals surface area contributed by atoms with Gasteiger partial charge in [0.25, 0.3) is 5.91 Å². The monoisotopic (exact) mass is 359 g/mol. The van der Waals surface area contributed by atoms with Gasteiger partial charge in [-0.1, -0.05) is 18.2 Å². The standard InChI is InChI=1S/C19H21NO4S/c1-11(2)24-13-8-9-14-15(10-13)25-18(16(14)19(22)23)20-17(21)12-6-4-3-5-7-12/h3-7,11,13H,8-10H2,1-2H3,(H,20,21)(H,22,23). The van der Waals surface area contributed by atoms with Gasteiger partial charge in [-0.3, -0.25) is 4.79 Å². The van der Waals surface area contributed by atoms with Crippen molar-refractivity contribution in [1.29, 1.82) is 0 Å². The molecule has 1 aliphatic rings. The summed E-state index contributed by atoms with van der Waals surface area (Å²) in [4.78, 5) is 25.1. The van der Waals surface area contributed by atoms with Gasteiger partial charge in [0.2, 0.25) is 0 Å². The number of hydrogen-bond acceptors (Lipinski definition) is 4. The third-order valence-corrected chi connectivity index (χ3v) is 5.33. The van der Waals surface area contributed by atoms with Gasteiger partial charge in [-0.25, -0.2) is 4.79 Å². The fraction of sp³-hybridized carbons (Fsp3) is 0.368. The number of hydrogen-bond donors (Lipinski definition) is 2. The molecule has 0 fully saturated rings. The fourth-order valence-corrected chi connectivity index (χ4v) is 4.44. The number of fused-ring (bicyclic) bond motifs is 1. The predicted molar refractivity (Wildman–Crippen MR) is 97.7 cm³/mol. The van der Waals surface area contributed by atoms with Crippen LogP contribution in [0.25, 0.3) is 0 Å². The highest BCUT2D eigenvalue weighted by molar-refractivity contribution is 7.17. The summed E-state index contributed by atoms with van der Waals surface area (Å²) in [5, 5.41) is 12.8. The molecule has 0 radical (unpaired) electrons. The fourth-order valence-electron chi connectivity index (χ4n) is 3.14. The number of rotatable bonds is 5. The smallest absolute Gasteiger partial charge is 0.339 e. The molecule has 25 heavy (non-hydrogen) atoms. The Morgan fingerprint density at radius 3 is 2.64 bits per heavy atom. The van der Waals surface area contributed by atoms with Crippen LogP contribution in [0.4, 0.5) is 5.00 Å². The van der Waals surface area contributed by atoms with E-state index in [1.807, 2.05) is 19.9 Å². The van der Waals surface area contributed by atoms with Crippen molar-refractivity contribution in [3.63, 3.8) is 0 Å². The molecule has 1 aromatic heterocycles. The van der Waals surface area contributed by atoms with Gasteiger partial charge < -0.3 is 15.2 Å². The minimum absolute atomic E-state index is 0.102. The van der Waals surface area contributed by atoms with Gasteiger partial charge in [0.05, 0.1) is 17.8 Å². The largest absolute Gasteiger partial charge is 0.478 e. The Labute approximate surface area is 150 Å². The van der Waals surface area contributed by atoms with Gasteiger partial charge in [-0.15, -0.1) is 11.3 Å². The minimum atomic E-state index is -0.996. The number of carboxylic acid groups (broad SMARTS) is 1. The molecule has 0 bridgehead atoms. The number of carboxylic acids is 1. The van der Waals surface area contributed by atoms with Crippen molar-refractivity contribution in [3.8, 4) is 0 Å². The zero-order chi connectivity index (χ0) is 18.0. The summed E-state index contributed by atoms with van der Waals surface area (Å²) in [6, 6.07) is 8.80. The molecular formula is C19H21NO4S. The van der Waals surface area contributed by atoms with Crippen molar-refractivity contribution in [1.82, 2.24) is 0 Å². The maximum atomic E-state index is 12.4. The SMILES string of the molecule is CC(C)OC1CCc2c(sc(NC(=O)c3ccccc3)c2C(=O)O)C1. The van der Waals surface area contributed by atoms with Gasteiger partial charge in [-0.2, -0.15) is 0 Å². The average molecular weight is 359 g/mol. The number of anilines is 1. The third-order valence-electron chi connectivity index (χ3n) is 4.16. The molecule has 2 N–H and O–H groups in total. The van der Waals surface area contributed by atoms with Crippen molar-refractivity contribution >= 4 is 28.2 Å². The van der Waals surface area contributed by atoms with E-state index < -0.39 is 5.97 Å². The second-order valence-corrected chi connectivity index (χ2v) is 7.49. The predicted octanol–water partition coefficient (Wildman–Crippen LogP) is 3.98. The van der Waals surface area contributed by atoms with E-state index in [4.69, 9.17) is 4.74 Å². The lowest BCUT2D eigenvalue weighted by atomic mass is 9.93. The Bertz CT molecular complexity index is 782. The molecule has 0 aliphatic heterocycles. The quantitative estimate of drug-likeness (QED) is 0.847. The lowest BCUT2D eigenvalue weighted by Crippen LogP contribution is -2.25. The number of benzene rings is 1. The van der Waals surface area contributed by atoms with Crippen molar-refractivity contribution in [2.24, 2.45) is 0 Å². The Kier molecular flexibility index (Phi) is 5.20. The number of nitrogens with one attached hydrogen (secondary N) is 1. The van der Waals surface area contributed by atoms with E-state index >= 15 is 0 Å². The van der Waals surface area contributed by atoms with Crippen molar-refractivity contribution in [3.05, 3.63) is 51.9 Å². The topological polar surface area (TPSA) is 75.6 Å². The molecule has 6 heteroatoms. The number of thiophene rings is 1. The van der Waals surface area contributed by atoms with Crippen molar-refractivity contribution in [2.75, 3.05) is 5.32 Å². The lowest BCUT2D eigenvalue weighted by Gasteiger charge is -2.24. The van der Waals surface area contributed by atoms with Gasteiger partial charge in [0.1, 0.15) is 5.00 Å². The molecule has 0 saturated heterocycles. The van der Waals surface area contributed by atoms with Gasteiger partial charge >= 0.3 is 5.97 Å². The molecule has 132 valence electrons. The Balaban J connectivity index is 1.86. The maximum Gasteiger partial charge on any atom is 0.339 e. The van der Waals surface area contributed by atoms with Gasteiger partial charge in [-0.05, 0) is 44.4 Å². The van der Waals surface area contributed by atoms with Crippen LogP contribution in [0.15, 0.2) is 30.3 Å². The van der Waals surface area contributed by atoms with E-state index in [-0.39, 0.29) is 23.7 Å². The third kappa shape index (κ3) is 3.91. The Morgan fingerprint density at radius 1 is 1.28 bits per heavy atom. The summed E-state index contributed by atoms with van der Waals surface area (Å²) < 4.78 is 5.88. The van der Waals surface area contributed by atoms with Crippen LogP contribution in [0.2, 0.25) is 0 Å². The number of carbonyl (C=O) groups is 2. The molecule has 1 aromatic carbocycles. The molecule has 1 amide bonds. The van der Waals surface area contributed by atoms with Gasteiger partial charge in [0, 0.05) is 16.9 Å². The number of ether oxygens (including phenoxy) is 1. The average Bonchev–Trinajstić information content (AvgIpc) is 2.92. The minimum Gasteiger partial charge on any atom is -0.478 e. The molecule has 0 spiro atoms. The van der Waals surface area contributed by atoms with Crippen molar-refractivity contribution in [2.45, 2.75) is 45.3 Å². The van der Waals surface area contributed by atoms with E-state index in [1.54, 1.807) is 24.3 Å². The van der Waals surface area contributed by atoms with Crippen LogP contribution in [0.5, 0.6) is 0 Å². The summed E-state index contributed by atoms with van der Waals surface area (Å²) >= 11 is 1.35. The summed E-state index contributed by atoms with van der Waals surface area (Å²) in [5.41, 5.74) is 1.57. The van der Waals surface area contributed by atoms with Crippen LogP contribution >= 0.6 is 11.3 Å². The number of aromatic carboxylic acids is 1. The second-order valence-electron chi connectivity index (χ2n) is 6.38. The zero-order valence-electron chi connectivity index (χ0n) is 14.2. The normalized spacial score (nSPS) is 16.5. The molecule has 2 aromatic rings. The lowest BCUT2D eigenvalue weighted by molar-refractivity contribution is 0.00137. The van der Waals surface area contributed by atoms with Crippen LogP contribution in [0.3, 0.4) is 0 Å². The zero-order valence-corrected chi connectivity index (χ0v) is 15.1. The maximum absolute atomic E-state index is 12.4. The van der Waals surface area contributed by atoms with E-state index in [0.717, 1.165) is 16.9 Å². The first-order valence-corrected chi connectivity index (χ1v) is 9.17. The van der Waals surface area contributed by atoms with Crippen LogP contribution < -0.4 is 5.32 Å². The Hall–Kier alpha value is -2.18. The summed E-state index contributed by atoms with van der Waals surface area (Å²) in [6.07, 6.45) is 2.40. The van der Waals surface area contributed by atoms with E-state index in [2.05, 4.69) is 5.32 Å². The molecule has 1 atom stereocenters. The van der Waals surface area contributed by atoms with Crippen LogP contribution in [0, 0.1) is 0 Å². The van der Waals surface area contributed by atoms with E-state index in [0.29, 0.717) is 23.4 Å². The highest BCUT2D eigenvalue weighted by Crippen LogP contribution is 2.39. The van der Waals surface area contributed by atoms with Gasteiger partial charge in [0.15, 0.2) is 0 Å². The first-order chi connectivity index (χ1) is 12.0. The summed E-state index contributed by atoms with van der Waals surface area (Å²) in [6.45, 7) is 4.00. The highest BCUT2D eigenvalue weighted by atomic mass is 32.1. The molecular weight excluding hydrogens is 338 g/mol. The molecule has 1 unspecified atom stereocenters. The molecule has 0 saturated carbocycles. The van der Waals surface area contributed by atoms with Crippen LogP contribution in [0.1, 0.15) is 51.4 Å². The van der Waals surface area contributed by atoms with E-state index in [9.17, 15) is 14.7 Å². The highest BCUT2D eigenvalue weighted by Gasteiger charge is 2.30. The Morgan fingerprint density at radius 2 is 2.00 bits per heavy atom.